The molecule has 6 nitrogen and oxygen atoms in total. The Morgan fingerprint density at radius 2 is 1.59 bits per heavy atom. The summed E-state index contributed by atoms with van der Waals surface area (Å²) < 4.78 is 33.4. The van der Waals surface area contributed by atoms with Gasteiger partial charge in [-0.15, -0.1) is 0 Å². The summed E-state index contributed by atoms with van der Waals surface area (Å²) in [5, 5.41) is 4.83. The number of fused-ring (bicyclic) bond motifs is 1. The molecule has 0 aliphatic rings. The Hall–Kier alpha value is -3.84. The molecule has 1 amide bonds. The number of sulfonamides is 1. The molecular weight excluding hydrogens is 424 g/mol. The molecule has 0 aliphatic carbocycles. The number of amides is 1. The average molecular weight is 447 g/mol. The molecule has 4 aromatic rings. The lowest BCUT2D eigenvalue weighted by Crippen LogP contribution is -2.17. The molecule has 2 N–H and O–H groups in total. The topological polar surface area (TPSA) is 84.5 Å². The number of ether oxygens (including phenoxy) is 1. The summed E-state index contributed by atoms with van der Waals surface area (Å²) in [5.41, 5.74) is 2.02. The van der Waals surface area contributed by atoms with E-state index in [-0.39, 0.29) is 16.4 Å². The molecule has 162 valence electrons. The molecule has 0 heterocycles. The second kappa shape index (κ2) is 8.72. The van der Waals surface area contributed by atoms with E-state index < -0.39 is 10.0 Å². The van der Waals surface area contributed by atoms with Crippen molar-refractivity contribution in [3.63, 3.8) is 0 Å². The summed E-state index contributed by atoms with van der Waals surface area (Å²) in [6.07, 6.45) is 0. The van der Waals surface area contributed by atoms with Crippen molar-refractivity contribution in [2.24, 2.45) is 0 Å². The predicted molar refractivity (Wildman–Crippen MR) is 127 cm³/mol. The first-order valence-electron chi connectivity index (χ1n) is 9.94. The Morgan fingerprint density at radius 1 is 0.875 bits per heavy atom. The van der Waals surface area contributed by atoms with Crippen LogP contribution in [-0.4, -0.2) is 21.4 Å². The number of carbonyl (C=O) groups excluding carboxylic acids is 1. The van der Waals surface area contributed by atoms with Gasteiger partial charge in [0.05, 0.1) is 12.0 Å². The minimum absolute atomic E-state index is 0.00184. The number of aryl methyl sites for hydroxylation is 1. The fourth-order valence-corrected chi connectivity index (χ4v) is 4.49. The normalized spacial score (nSPS) is 11.2. The summed E-state index contributed by atoms with van der Waals surface area (Å²) in [6.45, 7) is 1.77. The summed E-state index contributed by atoms with van der Waals surface area (Å²) in [5.74, 6) is 0.246. The zero-order valence-corrected chi connectivity index (χ0v) is 18.4. The molecule has 0 atom stereocenters. The number of nitrogens with one attached hydrogen (secondary N) is 2. The first-order chi connectivity index (χ1) is 15.4. The van der Waals surface area contributed by atoms with Gasteiger partial charge in [-0.3, -0.25) is 9.52 Å². The summed E-state index contributed by atoms with van der Waals surface area (Å²) in [6, 6.07) is 24.4. The molecule has 0 saturated heterocycles. The molecule has 0 spiro atoms. The van der Waals surface area contributed by atoms with E-state index >= 15 is 0 Å². The molecule has 0 unspecified atom stereocenters. The molecule has 0 saturated carbocycles. The van der Waals surface area contributed by atoms with E-state index in [1.165, 1.54) is 19.2 Å². The van der Waals surface area contributed by atoms with Crippen molar-refractivity contribution in [1.82, 2.24) is 0 Å². The molecule has 0 bridgehead atoms. The third-order valence-electron chi connectivity index (χ3n) is 5.14. The number of carbonyl (C=O) groups is 1. The Kier molecular flexibility index (Phi) is 5.83. The van der Waals surface area contributed by atoms with Gasteiger partial charge in [0.15, 0.2) is 0 Å². The summed E-state index contributed by atoms with van der Waals surface area (Å²) in [4.78, 5) is 13.0. The largest absolute Gasteiger partial charge is 0.497 e. The molecule has 0 fully saturated rings. The lowest BCUT2D eigenvalue weighted by Gasteiger charge is -2.13. The Morgan fingerprint density at radius 3 is 2.34 bits per heavy atom. The maximum absolute atomic E-state index is 13.0. The van der Waals surface area contributed by atoms with Crippen LogP contribution in [0.15, 0.2) is 89.8 Å². The van der Waals surface area contributed by atoms with Crippen LogP contribution >= 0.6 is 0 Å². The second-order valence-corrected chi connectivity index (χ2v) is 8.97. The molecule has 0 aromatic heterocycles. The smallest absolute Gasteiger partial charge is 0.261 e. The van der Waals surface area contributed by atoms with Gasteiger partial charge in [-0.25, -0.2) is 8.42 Å². The fourth-order valence-electron chi connectivity index (χ4n) is 3.41. The highest BCUT2D eigenvalue weighted by molar-refractivity contribution is 7.92. The van der Waals surface area contributed by atoms with E-state index in [1.807, 2.05) is 42.5 Å². The van der Waals surface area contributed by atoms with Gasteiger partial charge in [0, 0.05) is 22.3 Å². The number of benzene rings is 4. The van der Waals surface area contributed by atoms with Crippen LogP contribution in [0.3, 0.4) is 0 Å². The average Bonchev–Trinajstić information content (AvgIpc) is 2.79. The quantitative estimate of drug-likeness (QED) is 0.426. The first-order valence-corrected chi connectivity index (χ1v) is 11.4. The highest BCUT2D eigenvalue weighted by Crippen LogP contribution is 2.25. The van der Waals surface area contributed by atoms with Crippen LogP contribution in [0, 0.1) is 6.92 Å². The molecule has 0 aliphatic heterocycles. The van der Waals surface area contributed by atoms with E-state index in [1.54, 1.807) is 37.3 Å². The zero-order valence-electron chi connectivity index (χ0n) is 17.6. The number of methoxy groups -OCH3 is 1. The first kappa shape index (κ1) is 21.4. The van der Waals surface area contributed by atoms with E-state index in [4.69, 9.17) is 4.74 Å². The van der Waals surface area contributed by atoms with Crippen molar-refractivity contribution >= 4 is 38.1 Å². The van der Waals surface area contributed by atoms with Gasteiger partial charge in [0.1, 0.15) is 5.75 Å². The standard InChI is InChI=1S/C25H22N2O4S/c1-17-10-15-21(32(29,30)27-19-11-13-20(31-2)14-12-19)16-23(17)25(28)26-24-9-5-7-18-6-3-4-8-22(18)24/h3-16,27H,1-2H3,(H,26,28). The number of hydrogen-bond acceptors (Lipinski definition) is 4. The molecular formula is C25H22N2O4S. The van der Waals surface area contributed by atoms with Crippen molar-refractivity contribution < 1.29 is 17.9 Å². The van der Waals surface area contributed by atoms with Gasteiger partial charge in [-0.05, 0) is 60.3 Å². The number of rotatable bonds is 6. The minimum Gasteiger partial charge on any atom is -0.497 e. The van der Waals surface area contributed by atoms with E-state index in [9.17, 15) is 13.2 Å². The monoisotopic (exact) mass is 446 g/mol. The van der Waals surface area contributed by atoms with E-state index in [0.717, 1.165) is 10.8 Å². The molecule has 7 heteroatoms. The van der Waals surface area contributed by atoms with Crippen LogP contribution in [0.2, 0.25) is 0 Å². The Balaban J connectivity index is 1.62. The molecule has 4 aromatic carbocycles. The van der Waals surface area contributed by atoms with Crippen molar-refractivity contribution in [3.8, 4) is 5.75 Å². The van der Waals surface area contributed by atoms with Crippen LogP contribution in [-0.2, 0) is 10.0 Å². The minimum atomic E-state index is -3.88. The van der Waals surface area contributed by atoms with Gasteiger partial charge in [-0.2, -0.15) is 0 Å². The van der Waals surface area contributed by atoms with Gasteiger partial charge in [-0.1, -0.05) is 42.5 Å². The summed E-state index contributed by atoms with van der Waals surface area (Å²) in [7, 11) is -2.35. The zero-order chi connectivity index (χ0) is 22.7. The van der Waals surface area contributed by atoms with Gasteiger partial charge >= 0.3 is 0 Å². The maximum Gasteiger partial charge on any atom is 0.261 e. The lowest BCUT2D eigenvalue weighted by molar-refractivity contribution is 0.102. The lowest BCUT2D eigenvalue weighted by atomic mass is 10.1. The van der Waals surface area contributed by atoms with Crippen LogP contribution in [0.1, 0.15) is 15.9 Å². The van der Waals surface area contributed by atoms with Crippen LogP contribution in [0.4, 0.5) is 11.4 Å². The predicted octanol–water partition coefficient (Wildman–Crippen LogP) is 5.21. The Labute approximate surface area is 186 Å². The maximum atomic E-state index is 13.0. The molecule has 32 heavy (non-hydrogen) atoms. The van der Waals surface area contributed by atoms with Crippen molar-refractivity contribution in [2.75, 3.05) is 17.1 Å². The van der Waals surface area contributed by atoms with Gasteiger partial charge in [0.25, 0.3) is 15.9 Å². The highest BCUT2D eigenvalue weighted by atomic mass is 32.2. The van der Waals surface area contributed by atoms with Crippen LogP contribution < -0.4 is 14.8 Å². The third-order valence-corrected chi connectivity index (χ3v) is 6.52. The Bertz CT molecular complexity index is 1390. The van der Waals surface area contributed by atoms with E-state index in [0.29, 0.717) is 22.7 Å². The highest BCUT2D eigenvalue weighted by Gasteiger charge is 2.19. The van der Waals surface area contributed by atoms with E-state index in [2.05, 4.69) is 10.0 Å². The third kappa shape index (κ3) is 4.43. The van der Waals surface area contributed by atoms with Crippen molar-refractivity contribution in [1.29, 1.82) is 0 Å². The van der Waals surface area contributed by atoms with Crippen LogP contribution in [0.5, 0.6) is 5.75 Å². The molecule has 4 rings (SSSR count). The second-order valence-electron chi connectivity index (χ2n) is 7.29. The SMILES string of the molecule is COc1ccc(NS(=O)(=O)c2ccc(C)c(C(=O)Nc3cccc4ccccc34)c2)cc1. The number of anilines is 2. The number of hydrogen-bond donors (Lipinski definition) is 2. The molecule has 0 radical (unpaired) electrons. The summed E-state index contributed by atoms with van der Waals surface area (Å²) >= 11 is 0. The van der Waals surface area contributed by atoms with Gasteiger partial charge < -0.3 is 10.1 Å². The van der Waals surface area contributed by atoms with Crippen molar-refractivity contribution in [2.45, 2.75) is 11.8 Å². The van der Waals surface area contributed by atoms with Crippen LogP contribution in [0.25, 0.3) is 10.8 Å². The van der Waals surface area contributed by atoms with Crippen molar-refractivity contribution in [3.05, 3.63) is 96.1 Å². The fraction of sp³-hybridized carbons (Fsp3) is 0.0800. The van der Waals surface area contributed by atoms with Gasteiger partial charge in [0.2, 0.25) is 0 Å².